The Labute approximate surface area is 87.5 Å². The molecule has 14 heavy (non-hydrogen) atoms. The first kappa shape index (κ1) is 9.94. The molecule has 0 saturated heterocycles. The summed E-state index contributed by atoms with van der Waals surface area (Å²) >= 11 is 5.81. The first-order valence-electron chi connectivity index (χ1n) is 4.76. The van der Waals surface area contributed by atoms with Gasteiger partial charge in [0.15, 0.2) is 0 Å². The summed E-state index contributed by atoms with van der Waals surface area (Å²) in [5.41, 5.74) is -0.348. The number of aliphatic hydroxyl groups is 1. The molecule has 1 aliphatic carbocycles. The summed E-state index contributed by atoms with van der Waals surface area (Å²) in [6, 6.07) is 4.58. The average Bonchev–Trinajstić information content (AvgIpc) is 2.83. The zero-order chi connectivity index (χ0) is 10.3. The predicted octanol–water partition coefficient (Wildman–Crippen LogP) is 3.10. The summed E-state index contributed by atoms with van der Waals surface area (Å²) in [6.45, 7) is 2.01. The van der Waals surface area contributed by atoms with E-state index in [1.807, 2.05) is 6.92 Å². The molecular weight excluding hydrogens is 203 g/mol. The third-order valence-electron chi connectivity index (χ3n) is 2.98. The van der Waals surface area contributed by atoms with Crippen LogP contribution < -0.4 is 0 Å². The summed E-state index contributed by atoms with van der Waals surface area (Å²) in [4.78, 5) is 0. The molecule has 0 aromatic heterocycles. The van der Waals surface area contributed by atoms with Crippen molar-refractivity contribution in [3.63, 3.8) is 0 Å². The standard InChI is InChI=1S/C11H12ClFO/c1-2-7-6-11(7,14)8-4-3-5-9(13)10(8)12/h3-5,7,14H,2,6H2,1H3. The molecule has 76 valence electrons. The maximum atomic E-state index is 13.1. The minimum Gasteiger partial charge on any atom is -0.385 e. The van der Waals surface area contributed by atoms with E-state index in [9.17, 15) is 9.50 Å². The summed E-state index contributed by atoms with van der Waals surface area (Å²) in [6.07, 6.45) is 1.58. The molecule has 0 spiro atoms. The number of benzene rings is 1. The molecular formula is C11H12ClFO. The summed E-state index contributed by atoms with van der Waals surface area (Å²) in [5.74, 6) is -0.235. The largest absolute Gasteiger partial charge is 0.385 e. The van der Waals surface area contributed by atoms with E-state index in [0.717, 1.165) is 6.42 Å². The Morgan fingerprint density at radius 2 is 2.36 bits per heavy atom. The Balaban J connectivity index is 2.39. The van der Waals surface area contributed by atoms with Gasteiger partial charge in [-0.1, -0.05) is 37.1 Å². The monoisotopic (exact) mass is 214 g/mol. The fourth-order valence-corrected chi connectivity index (χ4v) is 2.26. The van der Waals surface area contributed by atoms with Gasteiger partial charge in [0.2, 0.25) is 0 Å². The Kier molecular flexibility index (Phi) is 2.28. The molecule has 2 unspecified atom stereocenters. The minimum absolute atomic E-state index is 0.0611. The van der Waals surface area contributed by atoms with Crippen molar-refractivity contribution < 1.29 is 9.50 Å². The van der Waals surface area contributed by atoms with Crippen LogP contribution in [-0.4, -0.2) is 5.11 Å². The van der Waals surface area contributed by atoms with Crippen LogP contribution in [0.3, 0.4) is 0 Å². The second kappa shape index (κ2) is 3.21. The van der Waals surface area contributed by atoms with Crippen molar-refractivity contribution in [1.82, 2.24) is 0 Å². The zero-order valence-corrected chi connectivity index (χ0v) is 8.68. The number of hydrogen-bond acceptors (Lipinski definition) is 1. The molecule has 1 nitrogen and oxygen atoms in total. The van der Waals surface area contributed by atoms with E-state index >= 15 is 0 Å². The summed E-state index contributed by atoms with van der Waals surface area (Å²) < 4.78 is 13.1. The lowest BCUT2D eigenvalue weighted by atomic mass is 10.0. The lowest BCUT2D eigenvalue weighted by Gasteiger charge is -2.12. The Hall–Kier alpha value is -0.600. The van der Waals surface area contributed by atoms with Gasteiger partial charge in [0, 0.05) is 5.56 Å². The fraction of sp³-hybridized carbons (Fsp3) is 0.455. The molecule has 0 bridgehead atoms. The quantitative estimate of drug-likeness (QED) is 0.802. The number of halogens is 2. The van der Waals surface area contributed by atoms with Gasteiger partial charge in [-0.3, -0.25) is 0 Å². The van der Waals surface area contributed by atoms with Gasteiger partial charge in [-0.2, -0.15) is 0 Å². The molecule has 1 aromatic carbocycles. The van der Waals surface area contributed by atoms with E-state index in [1.165, 1.54) is 6.07 Å². The average molecular weight is 215 g/mol. The predicted molar refractivity (Wildman–Crippen MR) is 53.7 cm³/mol. The highest BCUT2D eigenvalue weighted by Gasteiger charge is 2.53. The molecule has 1 aliphatic rings. The molecule has 1 saturated carbocycles. The van der Waals surface area contributed by atoms with Crippen LogP contribution in [-0.2, 0) is 5.60 Å². The van der Waals surface area contributed by atoms with Crippen LogP contribution in [0.15, 0.2) is 18.2 Å². The van der Waals surface area contributed by atoms with Gasteiger partial charge in [-0.15, -0.1) is 0 Å². The van der Waals surface area contributed by atoms with Crippen molar-refractivity contribution in [1.29, 1.82) is 0 Å². The highest BCUT2D eigenvalue weighted by molar-refractivity contribution is 6.31. The molecule has 0 radical (unpaired) electrons. The highest BCUT2D eigenvalue weighted by Crippen LogP contribution is 2.55. The Morgan fingerprint density at radius 3 is 2.93 bits per heavy atom. The third-order valence-corrected chi connectivity index (χ3v) is 3.37. The Morgan fingerprint density at radius 1 is 1.64 bits per heavy atom. The maximum Gasteiger partial charge on any atom is 0.142 e. The van der Waals surface area contributed by atoms with Crippen LogP contribution in [0.4, 0.5) is 4.39 Å². The fourth-order valence-electron chi connectivity index (χ4n) is 1.97. The second-order valence-electron chi connectivity index (χ2n) is 3.83. The zero-order valence-electron chi connectivity index (χ0n) is 7.93. The van der Waals surface area contributed by atoms with Gasteiger partial charge in [0.05, 0.1) is 10.6 Å². The minimum atomic E-state index is -0.881. The number of rotatable bonds is 2. The van der Waals surface area contributed by atoms with Crippen molar-refractivity contribution >= 4 is 11.6 Å². The SMILES string of the molecule is CCC1CC1(O)c1cccc(F)c1Cl. The second-order valence-corrected chi connectivity index (χ2v) is 4.21. The van der Waals surface area contributed by atoms with Crippen LogP contribution in [0, 0.1) is 11.7 Å². The molecule has 2 atom stereocenters. The lowest BCUT2D eigenvalue weighted by molar-refractivity contribution is 0.130. The smallest absolute Gasteiger partial charge is 0.142 e. The molecule has 1 aromatic rings. The molecule has 0 aliphatic heterocycles. The van der Waals surface area contributed by atoms with E-state index in [0.29, 0.717) is 12.0 Å². The third kappa shape index (κ3) is 1.33. The van der Waals surface area contributed by atoms with Gasteiger partial charge in [-0.05, 0) is 18.4 Å². The topological polar surface area (TPSA) is 20.2 Å². The van der Waals surface area contributed by atoms with Gasteiger partial charge in [0.1, 0.15) is 5.82 Å². The van der Waals surface area contributed by atoms with E-state index in [-0.39, 0.29) is 10.9 Å². The molecule has 0 amide bonds. The highest BCUT2D eigenvalue weighted by atomic mass is 35.5. The van der Waals surface area contributed by atoms with Crippen LogP contribution in [0.25, 0.3) is 0 Å². The van der Waals surface area contributed by atoms with Crippen LogP contribution >= 0.6 is 11.6 Å². The van der Waals surface area contributed by atoms with Crippen LogP contribution in [0.1, 0.15) is 25.3 Å². The molecule has 1 N–H and O–H groups in total. The number of hydrogen-bond donors (Lipinski definition) is 1. The van der Waals surface area contributed by atoms with Crippen molar-refractivity contribution in [3.05, 3.63) is 34.6 Å². The van der Waals surface area contributed by atoms with Crippen molar-refractivity contribution in [2.45, 2.75) is 25.4 Å². The van der Waals surface area contributed by atoms with Crippen molar-refractivity contribution in [3.8, 4) is 0 Å². The first-order valence-corrected chi connectivity index (χ1v) is 5.14. The molecule has 2 rings (SSSR count). The summed E-state index contributed by atoms with van der Waals surface area (Å²) in [7, 11) is 0. The van der Waals surface area contributed by atoms with Gasteiger partial charge in [-0.25, -0.2) is 4.39 Å². The van der Waals surface area contributed by atoms with E-state index in [4.69, 9.17) is 11.6 Å². The molecule has 1 fully saturated rings. The molecule has 3 heteroatoms. The Bertz CT molecular complexity index is 366. The van der Waals surface area contributed by atoms with Crippen molar-refractivity contribution in [2.75, 3.05) is 0 Å². The van der Waals surface area contributed by atoms with E-state index in [2.05, 4.69) is 0 Å². The van der Waals surface area contributed by atoms with Crippen molar-refractivity contribution in [2.24, 2.45) is 5.92 Å². The first-order chi connectivity index (χ1) is 6.59. The van der Waals surface area contributed by atoms with E-state index in [1.54, 1.807) is 12.1 Å². The normalized spacial score (nSPS) is 30.4. The van der Waals surface area contributed by atoms with Gasteiger partial charge >= 0.3 is 0 Å². The van der Waals surface area contributed by atoms with Crippen LogP contribution in [0.2, 0.25) is 5.02 Å². The lowest BCUT2D eigenvalue weighted by Crippen LogP contribution is -2.09. The van der Waals surface area contributed by atoms with Crippen LogP contribution in [0.5, 0.6) is 0 Å². The molecule has 0 heterocycles. The van der Waals surface area contributed by atoms with Gasteiger partial charge < -0.3 is 5.11 Å². The van der Waals surface area contributed by atoms with Gasteiger partial charge in [0.25, 0.3) is 0 Å². The van der Waals surface area contributed by atoms with E-state index < -0.39 is 11.4 Å². The maximum absolute atomic E-state index is 13.1. The summed E-state index contributed by atoms with van der Waals surface area (Å²) in [5, 5.41) is 10.2.